The van der Waals surface area contributed by atoms with E-state index in [-0.39, 0.29) is 18.6 Å². The molecule has 3 N–H and O–H groups in total. The Morgan fingerprint density at radius 3 is 2.58 bits per heavy atom. The van der Waals surface area contributed by atoms with Crippen LogP contribution >= 0.6 is 15.9 Å². The molecular weight excluding hydrogens is 312 g/mol. The van der Waals surface area contributed by atoms with Gasteiger partial charge in [-0.05, 0) is 31.5 Å². The minimum atomic E-state index is -0.838. The predicted molar refractivity (Wildman–Crippen MR) is 74.5 cm³/mol. The van der Waals surface area contributed by atoms with Gasteiger partial charge in [0.15, 0.2) is 0 Å². The molecule has 6 heteroatoms. The number of Topliss-reactive ketones (excluding diaryl/α,β-unsaturated/α-hetero) is 1. The maximum atomic E-state index is 11.9. The topological polar surface area (TPSA) is 89.3 Å². The fraction of sp³-hybridized carbons (Fsp3) is 0.308. The highest BCUT2D eigenvalue weighted by atomic mass is 79.9. The minimum absolute atomic E-state index is 0.0528. The van der Waals surface area contributed by atoms with Gasteiger partial charge in [0.25, 0.3) is 5.91 Å². The molecule has 0 heterocycles. The Morgan fingerprint density at radius 2 is 2.05 bits per heavy atom. The number of halogens is 1. The molecule has 1 aromatic rings. The fourth-order valence-corrected chi connectivity index (χ4v) is 1.90. The van der Waals surface area contributed by atoms with Crippen molar-refractivity contribution >= 4 is 33.5 Å². The Bertz CT molecular complexity index is 502. The molecule has 0 saturated carbocycles. The van der Waals surface area contributed by atoms with Gasteiger partial charge in [-0.3, -0.25) is 9.59 Å². The molecule has 19 heavy (non-hydrogen) atoms. The summed E-state index contributed by atoms with van der Waals surface area (Å²) in [5, 5.41) is 2.53. The molecule has 1 rings (SSSR count). The summed E-state index contributed by atoms with van der Waals surface area (Å²) in [6.07, 6.45) is 0.413. The first-order valence-corrected chi connectivity index (χ1v) is 6.54. The van der Waals surface area contributed by atoms with Crippen LogP contribution in [0.25, 0.3) is 0 Å². The molecule has 2 amide bonds. The lowest BCUT2D eigenvalue weighted by Crippen LogP contribution is -2.44. The molecule has 0 aliphatic heterocycles. The molecule has 0 bridgehead atoms. The van der Waals surface area contributed by atoms with E-state index in [1.165, 1.54) is 6.92 Å². The van der Waals surface area contributed by atoms with Gasteiger partial charge in [-0.15, -0.1) is 0 Å². The first-order chi connectivity index (χ1) is 8.90. The zero-order valence-electron chi connectivity index (χ0n) is 10.5. The molecule has 0 spiro atoms. The third-order valence-electron chi connectivity index (χ3n) is 2.52. The van der Waals surface area contributed by atoms with E-state index in [2.05, 4.69) is 21.2 Å². The third-order valence-corrected chi connectivity index (χ3v) is 3.01. The van der Waals surface area contributed by atoms with E-state index in [9.17, 15) is 14.4 Å². The summed E-state index contributed by atoms with van der Waals surface area (Å²) in [7, 11) is 0. The molecule has 5 nitrogen and oxygen atoms in total. The van der Waals surface area contributed by atoms with Gasteiger partial charge in [0.05, 0.1) is 0 Å². The summed E-state index contributed by atoms with van der Waals surface area (Å²) in [6.45, 7) is 1.42. The van der Waals surface area contributed by atoms with E-state index < -0.39 is 17.9 Å². The van der Waals surface area contributed by atoms with Gasteiger partial charge in [0, 0.05) is 16.5 Å². The Hall–Kier alpha value is -1.69. The predicted octanol–water partition coefficient (Wildman–Crippen LogP) is 1.40. The van der Waals surface area contributed by atoms with Crippen molar-refractivity contribution in [3.63, 3.8) is 0 Å². The molecule has 0 aliphatic rings. The van der Waals surface area contributed by atoms with Crippen LogP contribution < -0.4 is 11.1 Å². The summed E-state index contributed by atoms with van der Waals surface area (Å²) < 4.78 is 0.763. The summed E-state index contributed by atoms with van der Waals surface area (Å²) in [5.74, 6) is -1.10. The van der Waals surface area contributed by atoms with Crippen LogP contribution in [0.3, 0.4) is 0 Å². The average Bonchev–Trinajstić information content (AvgIpc) is 2.33. The Labute approximate surface area is 119 Å². The van der Waals surface area contributed by atoms with Gasteiger partial charge in [-0.2, -0.15) is 0 Å². The van der Waals surface area contributed by atoms with Crippen LogP contribution in [0, 0.1) is 0 Å². The van der Waals surface area contributed by atoms with Crippen LogP contribution in [-0.4, -0.2) is 23.6 Å². The Kier molecular flexibility index (Phi) is 5.69. The minimum Gasteiger partial charge on any atom is -0.368 e. The summed E-state index contributed by atoms with van der Waals surface area (Å²) in [4.78, 5) is 34.1. The number of nitrogens with one attached hydrogen (secondary N) is 1. The summed E-state index contributed by atoms with van der Waals surface area (Å²) in [6, 6.07) is 5.93. The van der Waals surface area contributed by atoms with E-state index >= 15 is 0 Å². The van der Waals surface area contributed by atoms with Crippen molar-refractivity contribution in [2.24, 2.45) is 5.73 Å². The number of hydrogen-bond donors (Lipinski definition) is 2. The van der Waals surface area contributed by atoms with Crippen molar-refractivity contribution in [3.05, 3.63) is 34.3 Å². The van der Waals surface area contributed by atoms with Gasteiger partial charge in [0.1, 0.15) is 11.8 Å². The lowest BCUT2D eigenvalue weighted by atomic mass is 10.1. The molecule has 1 atom stereocenters. The van der Waals surface area contributed by atoms with Crippen LogP contribution in [0.1, 0.15) is 30.1 Å². The van der Waals surface area contributed by atoms with Crippen molar-refractivity contribution in [3.8, 4) is 0 Å². The lowest BCUT2D eigenvalue weighted by molar-refractivity contribution is -0.120. The zero-order chi connectivity index (χ0) is 14.4. The second-order valence-electron chi connectivity index (χ2n) is 4.18. The van der Waals surface area contributed by atoms with E-state index in [1.54, 1.807) is 24.3 Å². The number of hydrogen-bond acceptors (Lipinski definition) is 3. The standard InChI is InChI=1S/C13H15BrN2O3/c1-8(17)5-6-11(12(15)18)16-13(19)9-3-2-4-10(14)7-9/h2-4,7,11H,5-6H2,1H3,(H2,15,18)(H,16,19)/t11-/m0/s1. The zero-order valence-corrected chi connectivity index (χ0v) is 12.1. The number of amides is 2. The van der Waals surface area contributed by atoms with Crippen LogP contribution in [0.15, 0.2) is 28.7 Å². The average molecular weight is 327 g/mol. The fourth-order valence-electron chi connectivity index (χ4n) is 1.50. The Morgan fingerprint density at radius 1 is 1.37 bits per heavy atom. The van der Waals surface area contributed by atoms with Gasteiger partial charge < -0.3 is 15.8 Å². The lowest BCUT2D eigenvalue weighted by Gasteiger charge is -2.14. The van der Waals surface area contributed by atoms with Crippen LogP contribution in [0.2, 0.25) is 0 Å². The third kappa shape index (κ3) is 5.21. The smallest absolute Gasteiger partial charge is 0.251 e. The van der Waals surface area contributed by atoms with Gasteiger partial charge in [0.2, 0.25) is 5.91 Å². The van der Waals surface area contributed by atoms with Crippen molar-refractivity contribution in [2.45, 2.75) is 25.8 Å². The molecule has 0 fully saturated rings. The van der Waals surface area contributed by atoms with Crippen molar-refractivity contribution < 1.29 is 14.4 Å². The maximum absolute atomic E-state index is 11.9. The highest BCUT2D eigenvalue weighted by molar-refractivity contribution is 9.10. The molecule has 0 aromatic heterocycles. The number of nitrogens with two attached hydrogens (primary N) is 1. The normalized spacial score (nSPS) is 11.7. The summed E-state index contributed by atoms with van der Waals surface area (Å²) >= 11 is 3.26. The number of carbonyl (C=O) groups excluding carboxylic acids is 3. The van der Waals surface area contributed by atoms with Crippen molar-refractivity contribution in [2.75, 3.05) is 0 Å². The molecule has 0 saturated heterocycles. The van der Waals surface area contributed by atoms with Crippen LogP contribution in [0.4, 0.5) is 0 Å². The van der Waals surface area contributed by atoms with Crippen molar-refractivity contribution in [1.29, 1.82) is 0 Å². The van der Waals surface area contributed by atoms with E-state index in [0.29, 0.717) is 5.56 Å². The van der Waals surface area contributed by atoms with Gasteiger partial charge >= 0.3 is 0 Å². The number of benzene rings is 1. The number of rotatable bonds is 6. The van der Waals surface area contributed by atoms with E-state index in [4.69, 9.17) is 5.73 Å². The first kappa shape index (κ1) is 15.4. The second kappa shape index (κ2) is 7.04. The monoisotopic (exact) mass is 326 g/mol. The largest absolute Gasteiger partial charge is 0.368 e. The van der Waals surface area contributed by atoms with Crippen LogP contribution in [-0.2, 0) is 9.59 Å². The molecule has 0 unspecified atom stereocenters. The highest BCUT2D eigenvalue weighted by Gasteiger charge is 2.19. The molecule has 0 radical (unpaired) electrons. The summed E-state index contributed by atoms with van der Waals surface area (Å²) in [5.41, 5.74) is 5.62. The first-order valence-electron chi connectivity index (χ1n) is 5.75. The van der Waals surface area contributed by atoms with E-state index in [1.807, 2.05) is 0 Å². The molecular formula is C13H15BrN2O3. The quantitative estimate of drug-likeness (QED) is 0.828. The molecule has 1 aromatic carbocycles. The van der Waals surface area contributed by atoms with E-state index in [0.717, 1.165) is 4.47 Å². The molecule has 102 valence electrons. The maximum Gasteiger partial charge on any atom is 0.251 e. The van der Waals surface area contributed by atoms with Crippen LogP contribution in [0.5, 0.6) is 0 Å². The SMILES string of the molecule is CC(=O)CC[C@H](NC(=O)c1cccc(Br)c1)C(N)=O. The number of carbonyl (C=O) groups is 3. The Balaban J connectivity index is 2.71. The number of ketones is 1. The highest BCUT2D eigenvalue weighted by Crippen LogP contribution is 2.12. The van der Waals surface area contributed by atoms with Gasteiger partial charge in [-0.1, -0.05) is 22.0 Å². The second-order valence-corrected chi connectivity index (χ2v) is 5.10. The molecule has 0 aliphatic carbocycles. The number of primary amides is 1. The van der Waals surface area contributed by atoms with Crippen molar-refractivity contribution in [1.82, 2.24) is 5.32 Å². The van der Waals surface area contributed by atoms with Gasteiger partial charge in [-0.25, -0.2) is 0 Å².